The van der Waals surface area contributed by atoms with E-state index in [1.165, 1.54) is 5.69 Å². The second kappa shape index (κ2) is 3.96. The molecule has 0 radical (unpaired) electrons. The summed E-state index contributed by atoms with van der Waals surface area (Å²) in [6.45, 7) is 3.18. The van der Waals surface area contributed by atoms with Gasteiger partial charge in [-0.1, -0.05) is 6.07 Å². The summed E-state index contributed by atoms with van der Waals surface area (Å²) in [6, 6.07) is 6.04. The van der Waals surface area contributed by atoms with Gasteiger partial charge in [0.05, 0.1) is 17.6 Å². The second-order valence-corrected chi connectivity index (χ2v) is 4.74. The number of hydrogen-bond acceptors (Lipinski definition) is 3. The van der Waals surface area contributed by atoms with E-state index < -0.39 is 0 Å². The maximum absolute atomic E-state index is 4.46. The molecular formula is C13H16N4. The molecule has 0 fully saturated rings. The first kappa shape index (κ1) is 10.5. The van der Waals surface area contributed by atoms with Crippen LogP contribution >= 0.6 is 0 Å². The van der Waals surface area contributed by atoms with Gasteiger partial charge in [0, 0.05) is 37.0 Å². The Balaban J connectivity index is 1.93. The van der Waals surface area contributed by atoms with Gasteiger partial charge in [0.15, 0.2) is 0 Å². The number of fused-ring (bicyclic) bond motifs is 1. The molecular weight excluding hydrogens is 212 g/mol. The quantitative estimate of drug-likeness (QED) is 0.817. The van der Waals surface area contributed by atoms with E-state index >= 15 is 0 Å². The molecule has 1 aliphatic rings. The molecule has 88 valence electrons. The Morgan fingerprint density at radius 3 is 3.12 bits per heavy atom. The summed E-state index contributed by atoms with van der Waals surface area (Å²) in [4.78, 5) is 12.1. The molecule has 0 aliphatic carbocycles. The molecule has 2 aromatic rings. The lowest BCUT2D eigenvalue weighted by Crippen LogP contribution is -2.47. The highest BCUT2D eigenvalue weighted by Gasteiger charge is 2.34. The summed E-state index contributed by atoms with van der Waals surface area (Å²) >= 11 is 0. The van der Waals surface area contributed by atoms with Gasteiger partial charge in [-0.3, -0.25) is 4.98 Å². The number of aromatic nitrogens is 3. The number of nitrogens with one attached hydrogen (secondary N) is 2. The van der Waals surface area contributed by atoms with Gasteiger partial charge < -0.3 is 10.3 Å². The molecule has 2 aromatic heterocycles. The van der Waals surface area contributed by atoms with E-state index in [1.807, 2.05) is 18.3 Å². The number of aromatic amines is 1. The maximum Gasteiger partial charge on any atom is 0.0926 e. The van der Waals surface area contributed by atoms with Crippen molar-refractivity contribution in [3.8, 4) is 0 Å². The fourth-order valence-electron chi connectivity index (χ4n) is 2.55. The zero-order chi connectivity index (χ0) is 11.7. The minimum absolute atomic E-state index is 0.109. The molecule has 0 saturated heterocycles. The Morgan fingerprint density at radius 2 is 2.29 bits per heavy atom. The van der Waals surface area contributed by atoms with Crippen molar-refractivity contribution in [1.82, 2.24) is 20.3 Å². The van der Waals surface area contributed by atoms with Gasteiger partial charge in [-0.05, 0) is 19.1 Å². The highest BCUT2D eigenvalue weighted by atomic mass is 15.1. The van der Waals surface area contributed by atoms with Crippen molar-refractivity contribution in [2.45, 2.75) is 25.3 Å². The van der Waals surface area contributed by atoms with Crippen LogP contribution in [0, 0.1) is 0 Å². The van der Waals surface area contributed by atoms with Gasteiger partial charge in [0.1, 0.15) is 0 Å². The minimum Gasteiger partial charge on any atom is -0.348 e. The summed E-state index contributed by atoms with van der Waals surface area (Å²) in [5.41, 5.74) is 3.37. The van der Waals surface area contributed by atoms with E-state index in [1.54, 1.807) is 6.33 Å². The van der Waals surface area contributed by atoms with Crippen LogP contribution in [0.4, 0.5) is 0 Å². The zero-order valence-electron chi connectivity index (χ0n) is 9.90. The Hall–Kier alpha value is -1.68. The maximum atomic E-state index is 4.46. The molecule has 4 nitrogen and oxygen atoms in total. The third-order valence-corrected chi connectivity index (χ3v) is 3.39. The summed E-state index contributed by atoms with van der Waals surface area (Å²) < 4.78 is 0. The van der Waals surface area contributed by atoms with Gasteiger partial charge in [-0.2, -0.15) is 0 Å². The van der Waals surface area contributed by atoms with Crippen LogP contribution in [0.3, 0.4) is 0 Å². The smallest absolute Gasteiger partial charge is 0.0926 e. The third-order valence-electron chi connectivity index (χ3n) is 3.39. The molecule has 0 amide bonds. The lowest BCUT2D eigenvalue weighted by molar-refractivity contribution is 0.332. The van der Waals surface area contributed by atoms with Crippen LogP contribution in [0.25, 0.3) is 0 Å². The standard InChI is InChI=1S/C13H16N4/c1-13(8-10-4-2-3-6-14-10)12-11(5-7-17-13)15-9-16-12/h2-4,6,9,17H,5,7-8H2,1H3,(H,15,16). The van der Waals surface area contributed by atoms with Crippen molar-refractivity contribution in [3.05, 3.63) is 47.8 Å². The van der Waals surface area contributed by atoms with Gasteiger partial charge in [-0.25, -0.2) is 4.98 Å². The van der Waals surface area contributed by atoms with Crippen LogP contribution in [-0.2, 0) is 18.4 Å². The summed E-state index contributed by atoms with van der Waals surface area (Å²) in [5, 5.41) is 3.56. The number of nitrogens with zero attached hydrogens (tertiary/aromatic N) is 2. The molecule has 17 heavy (non-hydrogen) atoms. The number of H-pyrrole nitrogens is 1. The lowest BCUT2D eigenvalue weighted by atomic mass is 9.87. The summed E-state index contributed by atoms with van der Waals surface area (Å²) in [6.07, 6.45) is 5.51. The molecule has 0 saturated carbocycles. The zero-order valence-corrected chi connectivity index (χ0v) is 9.90. The van der Waals surface area contributed by atoms with Crippen molar-refractivity contribution in [2.24, 2.45) is 0 Å². The molecule has 0 aromatic carbocycles. The van der Waals surface area contributed by atoms with E-state index in [4.69, 9.17) is 0 Å². The molecule has 3 heterocycles. The van der Waals surface area contributed by atoms with Crippen LogP contribution in [-0.4, -0.2) is 21.5 Å². The first-order chi connectivity index (χ1) is 8.28. The third kappa shape index (κ3) is 1.85. The molecule has 4 heteroatoms. The number of pyridine rings is 1. The Bertz CT molecular complexity index is 505. The van der Waals surface area contributed by atoms with E-state index in [0.717, 1.165) is 30.8 Å². The molecule has 0 spiro atoms. The summed E-state index contributed by atoms with van der Waals surface area (Å²) in [7, 11) is 0. The molecule has 2 N–H and O–H groups in total. The van der Waals surface area contributed by atoms with Crippen molar-refractivity contribution in [1.29, 1.82) is 0 Å². The van der Waals surface area contributed by atoms with Gasteiger partial charge >= 0.3 is 0 Å². The highest BCUT2D eigenvalue weighted by molar-refractivity contribution is 5.26. The predicted octanol–water partition coefficient (Wildman–Crippen LogP) is 1.41. The molecule has 1 aliphatic heterocycles. The van der Waals surface area contributed by atoms with Crippen LogP contribution in [0.1, 0.15) is 24.0 Å². The van der Waals surface area contributed by atoms with Crippen molar-refractivity contribution in [2.75, 3.05) is 6.54 Å². The van der Waals surface area contributed by atoms with Crippen LogP contribution in [0.2, 0.25) is 0 Å². The average molecular weight is 228 g/mol. The monoisotopic (exact) mass is 228 g/mol. The van der Waals surface area contributed by atoms with E-state index in [2.05, 4.69) is 33.3 Å². The van der Waals surface area contributed by atoms with Crippen molar-refractivity contribution < 1.29 is 0 Å². The predicted molar refractivity (Wildman–Crippen MR) is 65.6 cm³/mol. The van der Waals surface area contributed by atoms with Crippen LogP contribution in [0.15, 0.2) is 30.7 Å². The van der Waals surface area contributed by atoms with Crippen LogP contribution in [0.5, 0.6) is 0 Å². The van der Waals surface area contributed by atoms with Crippen LogP contribution < -0.4 is 5.32 Å². The number of imidazole rings is 1. The van der Waals surface area contributed by atoms with E-state index in [9.17, 15) is 0 Å². The Morgan fingerprint density at radius 1 is 1.35 bits per heavy atom. The fraction of sp³-hybridized carbons (Fsp3) is 0.385. The average Bonchev–Trinajstić information content (AvgIpc) is 2.80. The lowest BCUT2D eigenvalue weighted by Gasteiger charge is -2.33. The largest absolute Gasteiger partial charge is 0.348 e. The minimum atomic E-state index is -0.109. The van der Waals surface area contributed by atoms with Crippen molar-refractivity contribution in [3.63, 3.8) is 0 Å². The summed E-state index contributed by atoms with van der Waals surface area (Å²) in [5.74, 6) is 0. The molecule has 0 bridgehead atoms. The molecule has 1 unspecified atom stereocenters. The Labute approximate surface area is 101 Å². The molecule has 1 atom stereocenters. The first-order valence-electron chi connectivity index (χ1n) is 5.96. The van der Waals surface area contributed by atoms with Crippen molar-refractivity contribution >= 4 is 0 Å². The Kier molecular flexibility index (Phi) is 2.44. The number of hydrogen-bond donors (Lipinski definition) is 2. The van der Waals surface area contributed by atoms with Gasteiger partial charge in [0.2, 0.25) is 0 Å². The number of rotatable bonds is 2. The fourth-order valence-corrected chi connectivity index (χ4v) is 2.55. The SMILES string of the molecule is CC1(Cc2ccccn2)NCCc2[nH]cnc21. The van der Waals surface area contributed by atoms with E-state index in [-0.39, 0.29) is 5.54 Å². The second-order valence-electron chi connectivity index (χ2n) is 4.74. The first-order valence-corrected chi connectivity index (χ1v) is 5.96. The van der Waals surface area contributed by atoms with Gasteiger partial charge in [0.25, 0.3) is 0 Å². The van der Waals surface area contributed by atoms with E-state index in [0.29, 0.717) is 0 Å². The highest BCUT2D eigenvalue weighted by Crippen LogP contribution is 2.28. The normalized spacial score (nSPS) is 23.4. The van der Waals surface area contributed by atoms with Gasteiger partial charge in [-0.15, -0.1) is 0 Å². The topological polar surface area (TPSA) is 53.6 Å². The molecule has 3 rings (SSSR count).